The average Bonchev–Trinajstić information content (AvgIpc) is 2.49. The van der Waals surface area contributed by atoms with Crippen LogP contribution in [0.5, 0.6) is 0 Å². The van der Waals surface area contributed by atoms with Gasteiger partial charge in [0.05, 0.1) is 19.3 Å². The monoisotopic (exact) mass is 310 g/mol. The molecule has 4 nitrogen and oxygen atoms in total. The van der Waals surface area contributed by atoms with E-state index in [-0.39, 0.29) is 23.8 Å². The second kappa shape index (κ2) is 6.77. The SMILES string of the molecule is O=C(CC1COCCN1)NC1CCSc2ccc(F)cc21. The Hall–Kier alpha value is -1.11. The average molecular weight is 310 g/mol. The van der Waals surface area contributed by atoms with Crippen molar-refractivity contribution >= 4 is 17.7 Å². The minimum Gasteiger partial charge on any atom is -0.378 e. The molecule has 0 spiro atoms. The topological polar surface area (TPSA) is 50.4 Å². The molecule has 1 saturated heterocycles. The van der Waals surface area contributed by atoms with E-state index >= 15 is 0 Å². The van der Waals surface area contributed by atoms with Crippen LogP contribution in [0.2, 0.25) is 0 Å². The number of amides is 1. The summed E-state index contributed by atoms with van der Waals surface area (Å²) in [5.74, 6) is 0.678. The maximum absolute atomic E-state index is 13.4. The van der Waals surface area contributed by atoms with Gasteiger partial charge in [0.1, 0.15) is 5.82 Å². The zero-order valence-electron chi connectivity index (χ0n) is 11.7. The molecule has 2 unspecified atom stereocenters. The lowest BCUT2D eigenvalue weighted by atomic mass is 10.0. The van der Waals surface area contributed by atoms with E-state index in [0.717, 1.165) is 29.2 Å². The lowest BCUT2D eigenvalue weighted by Gasteiger charge is -2.28. The molecule has 0 saturated carbocycles. The van der Waals surface area contributed by atoms with Crippen LogP contribution in [0.4, 0.5) is 4.39 Å². The summed E-state index contributed by atoms with van der Waals surface area (Å²) in [4.78, 5) is 13.2. The summed E-state index contributed by atoms with van der Waals surface area (Å²) in [5.41, 5.74) is 0.896. The molecule has 0 aromatic heterocycles. The first kappa shape index (κ1) is 14.8. The van der Waals surface area contributed by atoms with Gasteiger partial charge < -0.3 is 15.4 Å². The van der Waals surface area contributed by atoms with Crippen molar-refractivity contribution in [1.29, 1.82) is 0 Å². The predicted molar refractivity (Wildman–Crippen MR) is 79.9 cm³/mol. The maximum atomic E-state index is 13.4. The number of carbonyl (C=O) groups excluding carboxylic acids is 1. The molecule has 21 heavy (non-hydrogen) atoms. The molecule has 2 aliphatic rings. The van der Waals surface area contributed by atoms with Crippen LogP contribution in [0.3, 0.4) is 0 Å². The molecule has 0 radical (unpaired) electrons. The molecule has 0 bridgehead atoms. The van der Waals surface area contributed by atoms with Gasteiger partial charge in [-0.15, -0.1) is 11.8 Å². The highest BCUT2D eigenvalue weighted by atomic mass is 32.2. The third kappa shape index (κ3) is 3.75. The lowest BCUT2D eigenvalue weighted by molar-refractivity contribution is -0.123. The standard InChI is InChI=1S/C15H19FN2O2S/c16-10-1-2-14-12(7-10)13(3-6-21-14)18-15(19)8-11-9-20-5-4-17-11/h1-2,7,11,13,17H,3-6,8-9H2,(H,18,19). The quantitative estimate of drug-likeness (QED) is 0.895. The van der Waals surface area contributed by atoms with Crippen LogP contribution in [0.25, 0.3) is 0 Å². The van der Waals surface area contributed by atoms with Gasteiger partial charge in [-0.3, -0.25) is 4.79 Å². The fraction of sp³-hybridized carbons (Fsp3) is 0.533. The van der Waals surface area contributed by atoms with Gasteiger partial charge in [0, 0.05) is 29.7 Å². The first-order valence-electron chi connectivity index (χ1n) is 7.25. The number of rotatable bonds is 3. The summed E-state index contributed by atoms with van der Waals surface area (Å²) < 4.78 is 18.8. The fourth-order valence-corrected chi connectivity index (χ4v) is 3.85. The molecule has 2 N–H and O–H groups in total. The minimum atomic E-state index is -0.252. The number of benzene rings is 1. The molecular formula is C15H19FN2O2S. The van der Waals surface area contributed by atoms with Gasteiger partial charge in [-0.1, -0.05) is 0 Å². The van der Waals surface area contributed by atoms with Gasteiger partial charge in [-0.2, -0.15) is 0 Å². The maximum Gasteiger partial charge on any atom is 0.222 e. The summed E-state index contributed by atoms with van der Waals surface area (Å²) >= 11 is 1.71. The number of halogens is 1. The number of thioether (sulfide) groups is 1. The minimum absolute atomic E-state index is 0.00916. The van der Waals surface area contributed by atoms with Gasteiger partial charge in [0.15, 0.2) is 0 Å². The number of hydrogen-bond donors (Lipinski definition) is 2. The van der Waals surface area contributed by atoms with Crippen LogP contribution in [0.15, 0.2) is 23.1 Å². The van der Waals surface area contributed by atoms with Crippen LogP contribution < -0.4 is 10.6 Å². The molecule has 3 rings (SSSR count). The molecule has 1 fully saturated rings. The van der Waals surface area contributed by atoms with Crippen LogP contribution >= 0.6 is 11.8 Å². The normalized spacial score (nSPS) is 25.2. The van der Waals surface area contributed by atoms with Crippen LogP contribution in [0.1, 0.15) is 24.4 Å². The molecule has 6 heteroatoms. The van der Waals surface area contributed by atoms with Gasteiger partial charge in [0.25, 0.3) is 0 Å². The van der Waals surface area contributed by atoms with E-state index in [1.54, 1.807) is 17.8 Å². The summed E-state index contributed by atoms with van der Waals surface area (Å²) in [6.45, 7) is 2.05. The number of hydrogen-bond acceptors (Lipinski definition) is 4. The predicted octanol–water partition coefficient (Wildman–Crippen LogP) is 1.86. The summed E-state index contributed by atoms with van der Waals surface area (Å²) in [6, 6.07) is 4.79. The van der Waals surface area contributed by atoms with Crippen molar-refractivity contribution in [3.8, 4) is 0 Å². The molecule has 1 aromatic carbocycles. The van der Waals surface area contributed by atoms with Gasteiger partial charge in [-0.25, -0.2) is 4.39 Å². The van der Waals surface area contributed by atoms with Crippen molar-refractivity contribution in [2.75, 3.05) is 25.5 Å². The number of nitrogens with one attached hydrogen (secondary N) is 2. The van der Waals surface area contributed by atoms with Crippen LogP contribution in [-0.4, -0.2) is 37.5 Å². The van der Waals surface area contributed by atoms with Crippen molar-refractivity contribution < 1.29 is 13.9 Å². The molecule has 2 heterocycles. The Balaban J connectivity index is 1.63. The highest BCUT2D eigenvalue weighted by Gasteiger charge is 2.24. The third-order valence-corrected chi connectivity index (χ3v) is 4.90. The first-order chi connectivity index (χ1) is 10.2. The molecule has 1 aromatic rings. The van der Waals surface area contributed by atoms with E-state index in [1.165, 1.54) is 12.1 Å². The smallest absolute Gasteiger partial charge is 0.222 e. The Kier molecular flexibility index (Phi) is 4.77. The van der Waals surface area contributed by atoms with Gasteiger partial charge >= 0.3 is 0 Å². The number of fused-ring (bicyclic) bond motifs is 1. The van der Waals surface area contributed by atoms with E-state index in [9.17, 15) is 9.18 Å². The van der Waals surface area contributed by atoms with Crippen molar-refractivity contribution in [2.45, 2.75) is 29.8 Å². The van der Waals surface area contributed by atoms with Crippen LogP contribution in [0, 0.1) is 5.82 Å². The van der Waals surface area contributed by atoms with E-state index in [0.29, 0.717) is 19.6 Å². The number of morpholine rings is 1. The van der Waals surface area contributed by atoms with Gasteiger partial charge in [0.2, 0.25) is 5.91 Å². The van der Waals surface area contributed by atoms with Gasteiger partial charge in [-0.05, 0) is 30.2 Å². The largest absolute Gasteiger partial charge is 0.378 e. The molecule has 114 valence electrons. The van der Waals surface area contributed by atoms with E-state index < -0.39 is 0 Å². The number of carbonyl (C=O) groups is 1. The van der Waals surface area contributed by atoms with Crippen molar-refractivity contribution in [1.82, 2.24) is 10.6 Å². The second-order valence-corrected chi connectivity index (χ2v) is 6.51. The number of ether oxygens (including phenoxy) is 1. The molecule has 1 amide bonds. The van der Waals surface area contributed by atoms with Crippen molar-refractivity contribution in [3.63, 3.8) is 0 Å². The Morgan fingerprint density at radius 2 is 2.43 bits per heavy atom. The molecule has 0 aliphatic carbocycles. The molecule has 2 atom stereocenters. The Labute approximate surface area is 127 Å². The van der Waals surface area contributed by atoms with E-state index in [4.69, 9.17) is 4.74 Å². The summed E-state index contributed by atoms with van der Waals surface area (Å²) in [7, 11) is 0. The second-order valence-electron chi connectivity index (χ2n) is 5.37. The lowest BCUT2D eigenvalue weighted by Crippen LogP contribution is -2.44. The summed E-state index contributed by atoms with van der Waals surface area (Å²) in [5, 5.41) is 6.30. The Bertz CT molecular complexity index is 520. The highest BCUT2D eigenvalue weighted by molar-refractivity contribution is 7.99. The first-order valence-corrected chi connectivity index (χ1v) is 8.23. The summed E-state index contributed by atoms with van der Waals surface area (Å²) in [6.07, 6.45) is 1.23. The van der Waals surface area contributed by atoms with Crippen molar-refractivity contribution in [2.24, 2.45) is 0 Å². The molecular weight excluding hydrogens is 291 g/mol. The van der Waals surface area contributed by atoms with E-state index in [2.05, 4.69) is 10.6 Å². The Morgan fingerprint density at radius 1 is 1.52 bits per heavy atom. The third-order valence-electron chi connectivity index (χ3n) is 3.78. The fourth-order valence-electron chi connectivity index (χ4n) is 2.74. The zero-order valence-corrected chi connectivity index (χ0v) is 12.5. The van der Waals surface area contributed by atoms with Crippen molar-refractivity contribution in [3.05, 3.63) is 29.6 Å². The highest BCUT2D eigenvalue weighted by Crippen LogP contribution is 2.36. The zero-order chi connectivity index (χ0) is 14.7. The van der Waals surface area contributed by atoms with Crippen LogP contribution in [-0.2, 0) is 9.53 Å². The van der Waals surface area contributed by atoms with E-state index in [1.807, 2.05) is 0 Å². The Morgan fingerprint density at radius 3 is 3.24 bits per heavy atom. The molecule has 2 aliphatic heterocycles.